The zero-order valence-electron chi connectivity index (χ0n) is 7.15. The van der Waals surface area contributed by atoms with Crippen molar-refractivity contribution in [3.63, 3.8) is 0 Å². The first-order valence-electron chi connectivity index (χ1n) is 4.37. The Morgan fingerprint density at radius 2 is 1.85 bits per heavy atom. The third kappa shape index (κ3) is 2.11. The van der Waals surface area contributed by atoms with Crippen LogP contribution in [0.1, 0.15) is 17.9 Å². The van der Waals surface area contributed by atoms with Gasteiger partial charge in [0.1, 0.15) is 0 Å². The van der Waals surface area contributed by atoms with Crippen molar-refractivity contribution in [1.82, 2.24) is 0 Å². The fourth-order valence-electron chi connectivity index (χ4n) is 1.64. The molecule has 0 aromatic heterocycles. The Morgan fingerprint density at radius 3 is 2.38 bits per heavy atom. The molecule has 0 spiro atoms. The summed E-state index contributed by atoms with van der Waals surface area (Å²) in [6.45, 7) is 0. The monoisotopic (exact) mass is 286 g/mol. The van der Waals surface area contributed by atoms with Crippen LogP contribution < -0.4 is 0 Å². The summed E-state index contributed by atoms with van der Waals surface area (Å²) in [5, 5.41) is 9.33. The van der Waals surface area contributed by atoms with Gasteiger partial charge in [0.15, 0.2) is 0 Å². The van der Waals surface area contributed by atoms with Crippen LogP contribution >= 0.6 is 22.6 Å². The van der Waals surface area contributed by atoms with Gasteiger partial charge in [0.25, 0.3) is 0 Å². The van der Waals surface area contributed by atoms with E-state index in [0.717, 1.165) is 6.42 Å². The van der Waals surface area contributed by atoms with Crippen molar-refractivity contribution in [2.75, 3.05) is 0 Å². The summed E-state index contributed by atoms with van der Waals surface area (Å²) >= 11 is 2.30. The van der Waals surface area contributed by atoms with Gasteiger partial charge in [-0.05, 0) is 46.7 Å². The van der Waals surface area contributed by atoms with E-state index in [0.29, 0.717) is 5.92 Å². The third-order valence-corrected chi connectivity index (χ3v) is 3.08. The second kappa shape index (κ2) is 3.80. The van der Waals surface area contributed by atoms with Crippen LogP contribution in [0.3, 0.4) is 0 Å². The molecule has 0 saturated heterocycles. The number of aliphatic hydroxyl groups excluding tert-OH is 1. The van der Waals surface area contributed by atoms with Gasteiger partial charge in [-0.1, -0.05) is 24.3 Å². The molecule has 1 aromatic carbocycles. The van der Waals surface area contributed by atoms with E-state index >= 15 is 0 Å². The Hall–Kier alpha value is -0.350. The molecule has 0 aliphatic heterocycles. The molecule has 13 heavy (non-hydrogen) atoms. The molecular weight excluding hydrogens is 275 g/mol. The first-order chi connectivity index (χ1) is 6.25. The van der Waals surface area contributed by atoms with Gasteiger partial charge in [-0.2, -0.15) is 0 Å². The molecule has 0 fully saturated rings. The molecule has 0 saturated carbocycles. The summed E-state index contributed by atoms with van der Waals surface area (Å²) in [6, 6.07) is 8.48. The van der Waals surface area contributed by atoms with Crippen molar-refractivity contribution in [3.8, 4) is 0 Å². The molecule has 0 radical (unpaired) electrons. The highest BCUT2D eigenvalue weighted by Crippen LogP contribution is 2.28. The third-order valence-electron chi connectivity index (χ3n) is 2.36. The molecule has 1 aliphatic rings. The van der Waals surface area contributed by atoms with Crippen LogP contribution in [0.4, 0.5) is 0 Å². The molecule has 2 atom stereocenters. The SMILES string of the molecule is O[C@@H]1C=C[C@@H](c2ccc(I)cc2)C1. The summed E-state index contributed by atoms with van der Waals surface area (Å²) in [5.41, 5.74) is 1.30. The number of aliphatic hydroxyl groups is 1. The predicted octanol–water partition coefficient (Wildman–Crippen LogP) is 2.70. The first kappa shape index (κ1) is 9.21. The van der Waals surface area contributed by atoms with Gasteiger partial charge in [0, 0.05) is 9.49 Å². The number of rotatable bonds is 1. The van der Waals surface area contributed by atoms with E-state index in [2.05, 4.69) is 52.9 Å². The topological polar surface area (TPSA) is 20.2 Å². The van der Waals surface area contributed by atoms with Crippen molar-refractivity contribution >= 4 is 22.6 Å². The lowest BCUT2D eigenvalue weighted by Crippen LogP contribution is -2.00. The molecular formula is C11H11IO. The minimum atomic E-state index is -0.246. The van der Waals surface area contributed by atoms with E-state index < -0.39 is 0 Å². The molecule has 0 amide bonds. The standard InChI is InChI=1S/C11H11IO/c12-10-4-1-8(2-5-10)9-3-6-11(13)7-9/h1-6,9,11,13H,7H2/t9-,11-/m1/s1. The van der Waals surface area contributed by atoms with Crippen LogP contribution in [-0.4, -0.2) is 11.2 Å². The first-order valence-corrected chi connectivity index (χ1v) is 5.45. The lowest BCUT2D eigenvalue weighted by atomic mass is 9.99. The average Bonchev–Trinajstić information content (AvgIpc) is 2.53. The van der Waals surface area contributed by atoms with E-state index in [1.165, 1.54) is 9.13 Å². The van der Waals surface area contributed by atoms with Crippen molar-refractivity contribution in [2.24, 2.45) is 0 Å². The number of benzene rings is 1. The normalized spacial score (nSPS) is 26.6. The molecule has 1 aliphatic carbocycles. The Labute approximate surface area is 91.6 Å². The molecule has 2 rings (SSSR count). The minimum Gasteiger partial charge on any atom is -0.389 e. The molecule has 0 heterocycles. The van der Waals surface area contributed by atoms with Crippen LogP contribution in [0.5, 0.6) is 0 Å². The van der Waals surface area contributed by atoms with Crippen LogP contribution in [0.15, 0.2) is 36.4 Å². The second-order valence-corrected chi connectivity index (χ2v) is 4.59. The molecule has 0 unspecified atom stereocenters. The van der Waals surface area contributed by atoms with Crippen LogP contribution in [0, 0.1) is 3.57 Å². The zero-order valence-corrected chi connectivity index (χ0v) is 9.31. The van der Waals surface area contributed by atoms with E-state index in [4.69, 9.17) is 0 Å². The van der Waals surface area contributed by atoms with E-state index in [9.17, 15) is 5.11 Å². The number of hydrogen-bond donors (Lipinski definition) is 1. The Morgan fingerprint density at radius 1 is 1.15 bits per heavy atom. The van der Waals surface area contributed by atoms with Crippen molar-refractivity contribution in [3.05, 3.63) is 45.6 Å². The van der Waals surface area contributed by atoms with Crippen molar-refractivity contribution in [2.45, 2.75) is 18.4 Å². The number of hydrogen-bond acceptors (Lipinski definition) is 1. The summed E-state index contributed by atoms with van der Waals surface area (Å²) in [4.78, 5) is 0. The molecule has 0 bridgehead atoms. The lowest BCUT2D eigenvalue weighted by molar-refractivity contribution is 0.218. The smallest absolute Gasteiger partial charge is 0.0729 e. The quantitative estimate of drug-likeness (QED) is 0.621. The summed E-state index contributed by atoms with van der Waals surface area (Å²) in [6.07, 6.45) is 4.56. The maximum Gasteiger partial charge on any atom is 0.0729 e. The van der Waals surface area contributed by atoms with E-state index in [1.807, 2.05) is 6.08 Å². The zero-order chi connectivity index (χ0) is 9.26. The molecule has 68 valence electrons. The van der Waals surface area contributed by atoms with E-state index in [-0.39, 0.29) is 6.10 Å². The van der Waals surface area contributed by atoms with Gasteiger partial charge >= 0.3 is 0 Å². The fourth-order valence-corrected chi connectivity index (χ4v) is 2.00. The highest BCUT2D eigenvalue weighted by Gasteiger charge is 2.17. The van der Waals surface area contributed by atoms with Crippen LogP contribution in [0.2, 0.25) is 0 Å². The Bertz CT molecular complexity index is 315. The van der Waals surface area contributed by atoms with Crippen molar-refractivity contribution in [1.29, 1.82) is 0 Å². The Kier molecular flexibility index (Phi) is 2.69. The van der Waals surface area contributed by atoms with E-state index in [1.54, 1.807) is 0 Å². The summed E-state index contributed by atoms with van der Waals surface area (Å²) in [5.74, 6) is 0.409. The molecule has 1 nitrogen and oxygen atoms in total. The van der Waals surface area contributed by atoms with Gasteiger partial charge in [0.05, 0.1) is 6.10 Å². The lowest BCUT2D eigenvalue weighted by Gasteiger charge is -2.08. The van der Waals surface area contributed by atoms with Crippen LogP contribution in [0.25, 0.3) is 0 Å². The maximum absolute atomic E-state index is 9.33. The number of halogens is 1. The largest absolute Gasteiger partial charge is 0.389 e. The summed E-state index contributed by atoms with van der Waals surface area (Å²) < 4.78 is 1.25. The van der Waals surface area contributed by atoms with Gasteiger partial charge in [-0.15, -0.1) is 0 Å². The molecule has 1 N–H and O–H groups in total. The van der Waals surface area contributed by atoms with Gasteiger partial charge in [-0.3, -0.25) is 0 Å². The molecule has 2 heteroatoms. The van der Waals surface area contributed by atoms with Gasteiger partial charge < -0.3 is 5.11 Å². The van der Waals surface area contributed by atoms with Gasteiger partial charge in [0.2, 0.25) is 0 Å². The Balaban J connectivity index is 2.18. The second-order valence-electron chi connectivity index (χ2n) is 3.35. The maximum atomic E-state index is 9.33. The highest BCUT2D eigenvalue weighted by molar-refractivity contribution is 14.1. The predicted molar refractivity (Wildman–Crippen MR) is 61.7 cm³/mol. The van der Waals surface area contributed by atoms with Crippen molar-refractivity contribution < 1.29 is 5.11 Å². The summed E-state index contributed by atoms with van der Waals surface area (Å²) in [7, 11) is 0. The average molecular weight is 286 g/mol. The number of allylic oxidation sites excluding steroid dienone is 1. The fraction of sp³-hybridized carbons (Fsp3) is 0.273. The van der Waals surface area contributed by atoms with Gasteiger partial charge in [-0.25, -0.2) is 0 Å². The van der Waals surface area contributed by atoms with Crippen LogP contribution in [-0.2, 0) is 0 Å². The molecule has 1 aromatic rings. The minimum absolute atomic E-state index is 0.246. The highest BCUT2D eigenvalue weighted by atomic mass is 127.